The van der Waals surface area contributed by atoms with Crippen LogP contribution in [0.3, 0.4) is 0 Å². The van der Waals surface area contributed by atoms with Crippen LogP contribution in [0.4, 0.5) is 0 Å². The Morgan fingerprint density at radius 3 is 2.41 bits per heavy atom. The Morgan fingerprint density at radius 1 is 1.05 bits per heavy atom. The highest BCUT2D eigenvalue weighted by Gasteiger charge is 2.17. The fraction of sp³-hybridized carbons (Fsp3) is 0.278. The highest BCUT2D eigenvalue weighted by molar-refractivity contribution is 5.97. The fourth-order valence-corrected chi connectivity index (χ4v) is 2.42. The van der Waals surface area contributed by atoms with Crippen molar-refractivity contribution >= 4 is 5.91 Å². The van der Waals surface area contributed by atoms with Crippen LogP contribution in [0.1, 0.15) is 27.0 Å². The molecule has 116 valence electrons. The van der Waals surface area contributed by atoms with Gasteiger partial charge in [0, 0.05) is 12.1 Å². The SMILES string of the molecule is COc1ccc(C(=O)NCc2ccccc2C)c(OC)c1C. The van der Waals surface area contributed by atoms with Gasteiger partial charge in [0.1, 0.15) is 11.5 Å². The minimum Gasteiger partial charge on any atom is -0.496 e. The number of carbonyl (C=O) groups excluding carboxylic acids is 1. The maximum absolute atomic E-state index is 12.4. The molecule has 0 radical (unpaired) electrons. The van der Waals surface area contributed by atoms with E-state index in [1.54, 1.807) is 26.4 Å². The quantitative estimate of drug-likeness (QED) is 0.922. The highest BCUT2D eigenvalue weighted by atomic mass is 16.5. The Morgan fingerprint density at radius 2 is 1.77 bits per heavy atom. The van der Waals surface area contributed by atoms with E-state index in [-0.39, 0.29) is 5.91 Å². The van der Waals surface area contributed by atoms with E-state index in [0.29, 0.717) is 23.6 Å². The van der Waals surface area contributed by atoms with E-state index in [0.717, 1.165) is 16.7 Å². The Hall–Kier alpha value is -2.49. The number of hydrogen-bond acceptors (Lipinski definition) is 3. The van der Waals surface area contributed by atoms with Crippen molar-refractivity contribution in [1.82, 2.24) is 5.32 Å². The molecule has 2 aromatic rings. The minimum absolute atomic E-state index is 0.161. The topological polar surface area (TPSA) is 47.6 Å². The van der Waals surface area contributed by atoms with Gasteiger partial charge in [-0.3, -0.25) is 4.79 Å². The van der Waals surface area contributed by atoms with Crippen molar-refractivity contribution in [3.63, 3.8) is 0 Å². The summed E-state index contributed by atoms with van der Waals surface area (Å²) in [4.78, 5) is 12.4. The summed E-state index contributed by atoms with van der Waals surface area (Å²) >= 11 is 0. The first kappa shape index (κ1) is 15.9. The lowest BCUT2D eigenvalue weighted by molar-refractivity contribution is 0.0947. The molecule has 2 aromatic carbocycles. The summed E-state index contributed by atoms with van der Waals surface area (Å²) in [7, 11) is 3.15. The summed E-state index contributed by atoms with van der Waals surface area (Å²) in [5.74, 6) is 1.08. The summed E-state index contributed by atoms with van der Waals surface area (Å²) in [6.07, 6.45) is 0. The normalized spacial score (nSPS) is 10.2. The smallest absolute Gasteiger partial charge is 0.255 e. The first-order valence-corrected chi connectivity index (χ1v) is 7.12. The number of methoxy groups -OCH3 is 2. The third-order valence-electron chi connectivity index (χ3n) is 3.73. The summed E-state index contributed by atoms with van der Waals surface area (Å²) in [6, 6.07) is 11.5. The molecule has 0 fully saturated rings. The second-order valence-corrected chi connectivity index (χ2v) is 5.08. The van der Waals surface area contributed by atoms with Gasteiger partial charge in [0.25, 0.3) is 5.91 Å². The Labute approximate surface area is 131 Å². The van der Waals surface area contributed by atoms with Crippen molar-refractivity contribution in [3.05, 3.63) is 58.7 Å². The van der Waals surface area contributed by atoms with Crippen LogP contribution in [0.5, 0.6) is 11.5 Å². The average molecular weight is 299 g/mol. The standard InChI is InChI=1S/C18H21NO3/c1-12-7-5-6-8-14(12)11-19-18(20)15-9-10-16(21-3)13(2)17(15)22-4/h5-10H,11H2,1-4H3,(H,19,20). The summed E-state index contributed by atoms with van der Waals surface area (Å²) in [6.45, 7) is 4.38. The largest absolute Gasteiger partial charge is 0.496 e. The number of ether oxygens (including phenoxy) is 2. The van der Waals surface area contributed by atoms with E-state index in [1.807, 2.05) is 38.1 Å². The highest BCUT2D eigenvalue weighted by Crippen LogP contribution is 2.31. The number of carbonyl (C=O) groups is 1. The molecule has 0 atom stereocenters. The van der Waals surface area contributed by atoms with E-state index in [9.17, 15) is 4.79 Å². The predicted octanol–water partition coefficient (Wildman–Crippen LogP) is 3.25. The first-order chi connectivity index (χ1) is 10.6. The van der Waals surface area contributed by atoms with Crippen LogP contribution in [0.25, 0.3) is 0 Å². The van der Waals surface area contributed by atoms with Gasteiger partial charge in [-0.25, -0.2) is 0 Å². The molecule has 0 bridgehead atoms. The van der Waals surface area contributed by atoms with Crippen molar-refractivity contribution < 1.29 is 14.3 Å². The van der Waals surface area contributed by atoms with Crippen LogP contribution in [-0.2, 0) is 6.54 Å². The maximum atomic E-state index is 12.4. The Balaban J connectivity index is 2.20. The van der Waals surface area contributed by atoms with E-state index in [4.69, 9.17) is 9.47 Å². The number of amides is 1. The monoisotopic (exact) mass is 299 g/mol. The number of rotatable bonds is 5. The molecule has 0 aliphatic carbocycles. The molecule has 0 spiro atoms. The maximum Gasteiger partial charge on any atom is 0.255 e. The van der Waals surface area contributed by atoms with Gasteiger partial charge < -0.3 is 14.8 Å². The third kappa shape index (κ3) is 3.22. The van der Waals surface area contributed by atoms with Crippen LogP contribution < -0.4 is 14.8 Å². The lowest BCUT2D eigenvalue weighted by atomic mass is 10.1. The second kappa shape index (κ2) is 6.98. The van der Waals surface area contributed by atoms with E-state index in [2.05, 4.69) is 5.32 Å². The molecule has 22 heavy (non-hydrogen) atoms. The van der Waals surface area contributed by atoms with Crippen molar-refractivity contribution in [2.45, 2.75) is 20.4 Å². The number of nitrogens with one attached hydrogen (secondary N) is 1. The molecule has 4 heteroatoms. The van der Waals surface area contributed by atoms with E-state index in [1.165, 1.54) is 0 Å². The van der Waals surface area contributed by atoms with Gasteiger partial charge in [-0.1, -0.05) is 24.3 Å². The van der Waals surface area contributed by atoms with Crippen LogP contribution in [0, 0.1) is 13.8 Å². The van der Waals surface area contributed by atoms with Gasteiger partial charge in [0.2, 0.25) is 0 Å². The van der Waals surface area contributed by atoms with Crippen molar-refractivity contribution in [1.29, 1.82) is 0 Å². The van der Waals surface area contributed by atoms with Gasteiger partial charge in [-0.2, -0.15) is 0 Å². The molecule has 0 saturated heterocycles. The summed E-state index contributed by atoms with van der Waals surface area (Å²) in [5.41, 5.74) is 3.57. The molecule has 0 aromatic heterocycles. The zero-order valence-electron chi connectivity index (χ0n) is 13.4. The van der Waals surface area contributed by atoms with Crippen molar-refractivity contribution in [3.8, 4) is 11.5 Å². The third-order valence-corrected chi connectivity index (χ3v) is 3.73. The minimum atomic E-state index is -0.161. The van der Waals surface area contributed by atoms with Gasteiger partial charge >= 0.3 is 0 Å². The molecular formula is C18H21NO3. The van der Waals surface area contributed by atoms with Crippen LogP contribution >= 0.6 is 0 Å². The molecule has 4 nitrogen and oxygen atoms in total. The molecular weight excluding hydrogens is 278 g/mol. The molecule has 0 saturated carbocycles. The van der Waals surface area contributed by atoms with Crippen LogP contribution in [0.15, 0.2) is 36.4 Å². The molecule has 0 aliphatic rings. The molecule has 0 unspecified atom stereocenters. The molecule has 0 heterocycles. The van der Waals surface area contributed by atoms with Gasteiger partial charge in [0.05, 0.1) is 19.8 Å². The zero-order valence-corrected chi connectivity index (χ0v) is 13.4. The van der Waals surface area contributed by atoms with Crippen molar-refractivity contribution in [2.24, 2.45) is 0 Å². The predicted molar refractivity (Wildman–Crippen MR) is 86.6 cm³/mol. The lowest BCUT2D eigenvalue weighted by Gasteiger charge is -2.14. The molecule has 2 rings (SSSR count). The van der Waals surface area contributed by atoms with E-state index < -0.39 is 0 Å². The number of hydrogen-bond donors (Lipinski definition) is 1. The van der Waals surface area contributed by atoms with Gasteiger partial charge in [-0.05, 0) is 37.1 Å². The lowest BCUT2D eigenvalue weighted by Crippen LogP contribution is -2.24. The number of aryl methyl sites for hydroxylation is 1. The first-order valence-electron chi connectivity index (χ1n) is 7.12. The summed E-state index contributed by atoms with van der Waals surface area (Å²) in [5, 5.41) is 2.94. The van der Waals surface area contributed by atoms with Gasteiger partial charge in [-0.15, -0.1) is 0 Å². The molecule has 1 amide bonds. The van der Waals surface area contributed by atoms with Crippen LogP contribution in [0.2, 0.25) is 0 Å². The van der Waals surface area contributed by atoms with Gasteiger partial charge in [0.15, 0.2) is 0 Å². The second-order valence-electron chi connectivity index (χ2n) is 5.08. The Kier molecular flexibility index (Phi) is 5.04. The zero-order chi connectivity index (χ0) is 16.1. The average Bonchev–Trinajstić information content (AvgIpc) is 2.53. The fourth-order valence-electron chi connectivity index (χ4n) is 2.42. The van der Waals surface area contributed by atoms with E-state index >= 15 is 0 Å². The number of benzene rings is 2. The van der Waals surface area contributed by atoms with Crippen molar-refractivity contribution in [2.75, 3.05) is 14.2 Å². The van der Waals surface area contributed by atoms with Crippen LogP contribution in [-0.4, -0.2) is 20.1 Å². The molecule has 1 N–H and O–H groups in total. The molecule has 0 aliphatic heterocycles. The Bertz CT molecular complexity index is 680. The summed E-state index contributed by atoms with van der Waals surface area (Å²) < 4.78 is 10.6.